The lowest BCUT2D eigenvalue weighted by atomic mass is 9.57. The normalized spacial score (nSPS) is 31.4. The minimum atomic E-state index is -0.368. The predicted molar refractivity (Wildman–Crippen MR) is 134 cm³/mol. The molecule has 3 aliphatic rings. The van der Waals surface area contributed by atoms with Gasteiger partial charge < -0.3 is 14.8 Å². The fourth-order valence-electron chi connectivity index (χ4n) is 6.64. The van der Waals surface area contributed by atoms with Gasteiger partial charge in [0.05, 0.1) is 18.2 Å². The molecule has 1 amide bonds. The Morgan fingerprint density at radius 2 is 2.08 bits per heavy atom. The van der Waals surface area contributed by atoms with Crippen molar-refractivity contribution in [2.45, 2.75) is 51.7 Å². The quantitative estimate of drug-likeness (QED) is 0.548. The van der Waals surface area contributed by atoms with Gasteiger partial charge in [0.1, 0.15) is 11.9 Å². The summed E-state index contributed by atoms with van der Waals surface area (Å²) in [5.41, 5.74) is 2.48. The summed E-state index contributed by atoms with van der Waals surface area (Å²) in [5.74, 6) is 0.629. The molecule has 1 aromatic carbocycles. The second-order valence-electron chi connectivity index (χ2n) is 10.3. The van der Waals surface area contributed by atoms with E-state index in [9.17, 15) is 14.0 Å². The van der Waals surface area contributed by atoms with E-state index in [-0.39, 0.29) is 47.8 Å². The molecule has 1 saturated heterocycles. The lowest BCUT2D eigenvalue weighted by Crippen LogP contribution is -2.48. The van der Waals surface area contributed by atoms with Crippen molar-refractivity contribution in [3.05, 3.63) is 60.2 Å². The third kappa shape index (κ3) is 5.01. The molecule has 0 radical (unpaired) electrons. The molecule has 190 valence electrons. The molecule has 5 rings (SSSR count). The topological polar surface area (TPSA) is 77.5 Å². The number of carbonyl (C=O) groups is 2. The first-order valence-electron chi connectivity index (χ1n) is 13.0. The van der Waals surface area contributed by atoms with Gasteiger partial charge in [-0.05, 0) is 87.1 Å². The van der Waals surface area contributed by atoms with Crippen LogP contribution in [0.3, 0.4) is 0 Å². The molecule has 2 unspecified atom stereocenters. The summed E-state index contributed by atoms with van der Waals surface area (Å²) < 4.78 is 24.3. The number of esters is 1. The van der Waals surface area contributed by atoms with Crippen LogP contribution in [0.15, 0.2) is 48.7 Å². The van der Waals surface area contributed by atoms with Crippen molar-refractivity contribution in [3.8, 4) is 11.1 Å². The molecule has 1 aliphatic heterocycles. The molecular weight excluding hydrogens is 459 g/mol. The molecular formula is C29H33FN2O4. The first-order valence-corrected chi connectivity index (χ1v) is 13.0. The molecule has 2 aromatic rings. The lowest BCUT2D eigenvalue weighted by molar-refractivity contribution is -0.144. The first-order chi connectivity index (χ1) is 17.4. The summed E-state index contributed by atoms with van der Waals surface area (Å²) in [6, 6.07) is 10.4. The minimum absolute atomic E-state index is 0.0679. The molecule has 2 heterocycles. The molecule has 3 fully saturated rings. The van der Waals surface area contributed by atoms with E-state index in [1.54, 1.807) is 19.2 Å². The number of cyclic esters (lactones) is 1. The number of halogens is 1. The smallest absolute Gasteiger partial charge is 0.407 e. The predicted octanol–water partition coefficient (Wildman–Crippen LogP) is 5.63. The summed E-state index contributed by atoms with van der Waals surface area (Å²) in [5, 5.41) is 3.00. The first kappa shape index (κ1) is 24.5. The van der Waals surface area contributed by atoms with Crippen LogP contribution < -0.4 is 5.32 Å². The molecule has 2 aliphatic carbocycles. The number of allylic oxidation sites excluding steroid dienone is 1. The number of nitrogens with zero attached hydrogens (tertiary/aromatic N) is 1. The highest BCUT2D eigenvalue weighted by Crippen LogP contribution is 2.53. The molecule has 1 aromatic heterocycles. The van der Waals surface area contributed by atoms with Crippen molar-refractivity contribution in [3.63, 3.8) is 0 Å². The Bertz CT molecular complexity index is 1130. The maximum Gasteiger partial charge on any atom is 0.407 e. The van der Waals surface area contributed by atoms with Crippen LogP contribution >= 0.6 is 0 Å². The number of fused-ring (bicyclic) bond motifs is 2. The third-order valence-corrected chi connectivity index (χ3v) is 8.18. The number of hydrogen-bond acceptors (Lipinski definition) is 5. The molecule has 0 bridgehead atoms. The van der Waals surface area contributed by atoms with Gasteiger partial charge >= 0.3 is 12.1 Å². The number of aromatic nitrogens is 1. The van der Waals surface area contributed by atoms with Crippen LogP contribution in [0.2, 0.25) is 0 Å². The third-order valence-electron chi connectivity index (χ3n) is 8.18. The van der Waals surface area contributed by atoms with Crippen LogP contribution in [0.4, 0.5) is 9.18 Å². The number of pyridine rings is 1. The van der Waals surface area contributed by atoms with Crippen molar-refractivity contribution >= 4 is 18.1 Å². The fourth-order valence-corrected chi connectivity index (χ4v) is 6.64. The Balaban J connectivity index is 1.34. The maximum absolute atomic E-state index is 13.6. The Kier molecular flexibility index (Phi) is 7.08. The zero-order valence-corrected chi connectivity index (χ0v) is 20.7. The Hall–Kier alpha value is -3.22. The SMILES string of the molecule is CCOC(=O)N[C@@H]1CC[C@@H]2[C@H](C1)C[C@@H]1C(=O)OC(C)C1[C@H]2/C=C/c1ccc(-c2cccc(F)c2)cn1. The average Bonchev–Trinajstić information content (AvgIpc) is 3.15. The van der Waals surface area contributed by atoms with E-state index in [1.807, 2.05) is 31.2 Å². The van der Waals surface area contributed by atoms with E-state index in [2.05, 4.69) is 16.4 Å². The highest BCUT2D eigenvalue weighted by molar-refractivity contribution is 5.75. The molecule has 2 saturated carbocycles. The highest BCUT2D eigenvalue weighted by Gasteiger charge is 2.54. The van der Waals surface area contributed by atoms with E-state index in [0.717, 1.165) is 42.5 Å². The van der Waals surface area contributed by atoms with Crippen molar-refractivity contribution in [2.75, 3.05) is 6.61 Å². The zero-order chi connectivity index (χ0) is 25.2. The van der Waals surface area contributed by atoms with Crippen molar-refractivity contribution in [1.29, 1.82) is 0 Å². The van der Waals surface area contributed by atoms with E-state index >= 15 is 0 Å². The Labute approximate surface area is 211 Å². The van der Waals surface area contributed by atoms with E-state index in [0.29, 0.717) is 18.4 Å². The summed E-state index contributed by atoms with van der Waals surface area (Å²) in [6.45, 7) is 4.15. The number of rotatable bonds is 5. The van der Waals surface area contributed by atoms with E-state index in [1.165, 1.54) is 12.1 Å². The average molecular weight is 493 g/mol. The number of amides is 1. The summed E-state index contributed by atoms with van der Waals surface area (Å²) in [6.07, 6.45) is 9.07. The van der Waals surface area contributed by atoms with Gasteiger partial charge in [0, 0.05) is 23.7 Å². The molecule has 7 heteroatoms. The molecule has 36 heavy (non-hydrogen) atoms. The summed E-state index contributed by atoms with van der Waals surface area (Å²) in [7, 11) is 0. The van der Waals surface area contributed by atoms with Crippen LogP contribution in [0.25, 0.3) is 17.2 Å². The fraction of sp³-hybridized carbons (Fsp3) is 0.483. The molecule has 6 nitrogen and oxygen atoms in total. The maximum atomic E-state index is 13.6. The lowest BCUT2D eigenvalue weighted by Gasteiger charge is -2.47. The van der Waals surface area contributed by atoms with Gasteiger partial charge in [-0.2, -0.15) is 0 Å². The van der Waals surface area contributed by atoms with Gasteiger partial charge in [0.25, 0.3) is 0 Å². The van der Waals surface area contributed by atoms with Crippen molar-refractivity contribution in [2.24, 2.45) is 29.6 Å². The highest BCUT2D eigenvalue weighted by atomic mass is 19.1. The number of alkyl carbamates (subject to hydrolysis) is 1. The van der Waals surface area contributed by atoms with E-state index in [4.69, 9.17) is 9.47 Å². The van der Waals surface area contributed by atoms with Crippen LogP contribution in [0.1, 0.15) is 45.2 Å². The largest absolute Gasteiger partial charge is 0.462 e. The Morgan fingerprint density at radius 3 is 2.83 bits per heavy atom. The number of ether oxygens (including phenoxy) is 2. The van der Waals surface area contributed by atoms with Gasteiger partial charge in [-0.1, -0.05) is 24.3 Å². The second kappa shape index (κ2) is 10.4. The van der Waals surface area contributed by atoms with Crippen molar-refractivity contribution in [1.82, 2.24) is 10.3 Å². The van der Waals surface area contributed by atoms with Crippen LogP contribution in [0.5, 0.6) is 0 Å². The molecule has 1 N–H and O–H groups in total. The number of nitrogens with one attached hydrogen (secondary N) is 1. The summed E-state index contributed by atoms with van der Waals surface area (Å²) >= 11 is 0. The standard InChI is InChI=1S/C29H33FN2O4/c1-3-35-29(34)32-23-10-11-24-20(14-23)15-26-27(17(2)36-28(26)33)25(24)12-9-22-8-7-19(16-31-22)18-5-4-6-21(30)13-18/h4-9,12-13,16-17,20,23-27H,3,10-11,14-15H2,1-2H3,(H,32,34)/b12-9+/t17?,20-,23-,24-,25+,26+,27?/m1/s1. The van der Waals surface area contributed by atoms with Crippen LogP contribution in [-0.2, 0) is 14.3 Å². The minimum Gasteiger partial charge on any atom is -0.462 e. The zero-order valence-electron chi connectivity index (χ0n) is 20.7. The number of carbonyl (C=O) groups excluding carboxylic acids is 2. The van der Waals surface area contributed by atoms with E-state index < -0.39 is 0 Å². The molecule has 7 atom stereocenters. The second-order valence-corrected chi connectivity index (χ2v) is 10.3. The van der Waals surface area contributed by atoms with Crippen LogP contribution in [-0.4, -0.2) is 35.8 Å². The van der Waals surface area contributed by atoms with Gasteiger partial charge in [-0.3, -0.25) is 9.78 Å². The number of hydrogen-bond donors (Lipinski definition) is 1. The van der Waals surface area contributed by atoms with Crippen molar-refractivity contribution < 1.29 is 23.5 Å². The van der Waals surface area contributed by atoms with Crippen LogP contribution in [0, 0.1) is 35.4 Å². The van der Waals surface area contributed by atoms with Gasteiger partial charge in [-0.15, -0.1) is 0 Å². The van der Waals surface area contributed by atoms with Gasteiger partial charge in [0.15, 0.2) is 0 Å². The van der Waals surface area contributed by atoms with Gasteiger partial charge in [0.2, 0.25) is 0 Å². The Morgan fingerprint density at radius 1 is 1.22 bits per heavy atom. The molecule has 0 spiro atoms. The summed E-state index contributed by atoms with van der Waals surface area (Å²) in [4.78, 5) is 29.2. The van der Waals surface area contributed by atoms with Gasteiger partial charge in [-0.25, -0.2) is 9.18 Å². The number of benzene rings is 1. The monoisotopic (exact) mass is 492 g/mol.